The van der Waals surface area contributed by atoms with Gasteiger partial charge in [0.05, 0.1) is 6.42 Å². The number of carboxylic acids is 2. The van der Waals surface area contributed by atoms with Crippen LogP contribution in [0.4, 0.5) is 0 Å². The standard InChI is InChI=1S/C53H63N7O10/c1-6-32(4)46(51(67)59-43(53(69)70)28-37-30-54-39-25-17-16-24-38(37)39)60-50(66)41(27-34-18-10-7-11-19-34)56-49(65)42(29-44(62)63)57-48(64)40(26-31(2)3)58-52(68)47(55-33(5)61)45(35-20-12-8-13-21-35)36-22-14-9-15-23-36/h7-25,30-32,40-43,45-47,54H,6,26-29H2,1-5H3,(H,55,61)(H,56,65)(H,57,64)(H,58,68)(H,59,67)(H,60,66)(H,62,63)(H,69,70)/t32-,40-,41-,42-,43-,46-,47+/m0/s1. The number of carbonyl (C=O) groups is 8. The third-order valence-corrected chi connectivity index (χ3v) is 12.1. The number of carbonyl (C=O) groups excluding carboxylic acids is 6. The number of benzene rings is 4. The van der Waals surface area contributed by atoms with Crippen LogP contribution in [0, 0.1) is 11.8 Å². The van der Waals surface area contributed by atoms with Crippen LogP contribution >= 0.6 is 0 Å². The highest BCUT2D eigenvalue weighted by atomic mass is 16.4. The van der Waals surface area contributed by atoms with Crippen LogP contribution in [0.3, 0.4) is 0 Å². The fourth-order valence-electron chi connectivity index (χ4n) is 8.31. The molecular formula is C53H63N7O10. The highest BCUT2D eigenvalue weighted by Gasteiger charge is 2.37. The first-order valence-electron chi connectivity index (χ1n) is 23.4. The second-order valence-corrected chi connectivity index (χ2v) is 17.9. The van der Waals surface area contributed by atoms with E-state index in [9.17, 15) is 48.6 Å². The van der Waals surface area contributed by atoms with Crippen molar-refractivity contribution in [3.05, 3.63) is 144 Å². The summed E-state index contributed by atoms with van der Waals surface area (Å²) in [7, 11) is 0. The Labute approximate surface area is 407 Å². The fraction of sp³-hybridized carbons (Fsp3) is 0.358. The molecule has 0 saturated carbocycles. The summed E-state index contributed by atoms with van der Waals surface area (Å²) in [5.41, 5.74) is 3.46. The van der Waals surface area contributed by atoms with Crippen LogP contribution in [0.25, 0.3) is 10.9 Å². The zero-order valence-electron chi connectivity index (χ0n) is 39.9. The Balaban J connectivity index is 1.38. The van der Waals surface area contributed by atoms with Gasteiger partial charge in [0.2, 0.25) is 35.4 Å². The molecule has 0 spiro atoms. The van der Waals surface area contributed by atoms with E-state index in [-0.39, 0.29) is 25.2 Å². The molecule has 4 aromatic carbocycles. The Morgan fingerprint density at radius 2 is 1.04 bits per heavy atom. The van der Waals surface area contributed by atoms with E-state index in [1.54, 1.807) is 88.5 Å². The van der Waals surface area contributed by atoms with Crippen molar-refractivity contribution in [3.8, 4) is 0 Å². The summed E-state index contributed by atoms with van der Waals surface area (Å²) in [5.74, 6) is -8.90. The molecule has 0 fully saturated rings. The third-order valence-electron chi connectivity index (χ3n) is 12.1. The molecule has 5 aromatic rings. The van der Waals surface area contributed by atoms with E-state index in [1.165, 1.54) is 6.92 Å². The van der Waals surface area contributed by atoms with Gasteiger partial charge in [-0.05, 0) is 46.6 Å². The minimum atomic E-state index is -1.76. The second kappa shape index (κ2) is 25.5. The molecule has 1 aromatic heterocycles. The highest BCUT2D eigenvalue weighted by Crippen LogP contribution is 2.29. The van der Waals surface area contributed by atoms with Crippen molar-refractivity contribution < 1.29 is 48.6 Å². The Morgan fingerprint density at radius 1 is 0.543 bits per heavy atom. The number of carboxylic acid groups (broad SMARTS) is 2. The maximum atomic E-state index is 14.4. The molecule has 9 N–H and O–H groups in total. The molecule has 0 aliphatic heterocycles. The number of hydrogen-bond donors (Lipinski definition) is 9. The topological polar surface area (TPSA) is 265 Å². The number of hydrogen-bond acceptors (Lipinski definition) is 8. The molecule has 6 amide bonds. The zero-order valence-corrected chi connectivity index (χ0v) is 39.9. The van der Waals surface area contributed by atoms with E-state index in [0.717, 1.165) is 10.9 Å². The molecular weight excluding hydrogens is 895 g/mol. The number of aromatic nitrogens is 1. The van der Waals surface area contributed by atoms with Gasteiger partial charge in [-0.25, -0.2) is 4.79 Å². The lowest BCUT2D eigenvalue weighted by molar-refractivity contribution is -0.142. The van der Waals surface area contributed by atoms with E-state index in [0.29, 0.717) is 28.7 Å². The maximum Gasteiger partial charge on any atom is 0.326 e. The van der Waals surface area contributed by atoms with Gasteiger partial charge in [-0.3, -0.25) is 33.6 Å². The molecule has 0 bridgehead atoms. The predicted molar refractivity (Wildman–Crippen MR) is 263 cm³/mol. The summed E-state index contributed by atoms with van der Waals surface area (Å²) in [4.78, 5) is 112. The van der Waals surface area contributed by atoms with Crippen molar-refractivity contribution in [1.82, 2.24) is 36.9 Å². The monoisotopic (exact) mass is 957 g/mol. The van der Waals surface area contributed by atoms with Crippen LogP contribution in [-0.2, 0) is 51.2 Å². The third kappa shape index (κ3) is 15.1. The molecule has 17 nitrogen and oxygen atoms in total. The van der Waals surface area contributed by atoms with Crippen molar-refractivity contribution >= 4 is 58.3 Å². The lowest BCUT2D eigenvalue weighted by Crippen LogP contribution is -2.61. The molecule has 0 saturated heterocycles. The Hall–Kier alpha value is -7.82. The smallest absolute Gasteiger partial charge is 0.326 e. The highest BCUT2D eigenvalue weighted by molar-refractivity contribution is 5.98. The summed E-state index contributed by atoms with van der Waals surface area (Å²) >= 11 is 0. The summed E-state index contributed by atoms with van der Waals surface area (Å²) in [6.45, 7) is 8.38. The molecule has 1 heterocycles. The largest absolute Gasteiger partial charge is 0.481 e. The quantitative estimate of drug-likeness (QED) is 0.0399. The first-order valence-corrected chi connectivity index (χ1v) is 23.4. The van der Waals surface area contributed by atoms with E-state index in [1.807, 2.05) is 60.7 Å². The average Bonchev–Trinajstić information content (AvgIpc) is 3.74. The van der Waals surface area contributed by atoms with E-state index in [2.05, 4.69) is 36.9 Å². The van der Waals surface area contributed by atoms with Gasteiger partial charge in [-0.2, -0.15) is 0 Å². The van der Waals surface area contributed by atoms with Crippen molar-refractivity contribution in [3.63, 3.8) is 0 Å². The average molecular weight is 958 g/mol. The molecule has 7 atom stereocenters. The molecule has 0 aliphatic rings. The van der Waals surface area contributed by atoms with Crippen LogP contribution < -0.4 is 31.9 Å². The molecule has 70 heavy (non-hydrogen) atoms. The molecule has 0 radical (unpaired) electrons. The van der Waals surface area contributed by atoms with E-state index < -0.39 is 102 Å². The van der Waals surface area contributed by atoms with Crippen LogP contribution in [0.1, 0.15) is 82.1 Å². The van der Waals surface area contributed by atoms with Gasteiger partial charge in [0, 0.05) is 42.8 Å². The molecule has 5 rings (SSSR count). The maximum absolute atomic E-state index is 14.4. The van der Waals surface area contributed by atoms with Gasteiger partial charge < -0.3 is 47.1 Å². The number of para-hydroxylation sites is 1. The summed E-state index contributed by atoms with van der Waals surface area (Å²) in [5, 5.41) is 36.9. The van der Waals surface area contributed by atoms with Gasteiger partial charge in [0.25, 0.3) is 0 Å². The summed E-state index contributed by atoms with van der Waals surface area (Å²) in [6, 6.07) is 25.7. The van der Waals surface area contributed by atoms with Crippen LogP contribution in [0.2, 0.25) is 0 Å². The zero-order chi connectivity index (χ0) is 50.9. The first kappa shape index (κ1) is 53.1. The van der Waals surface area contributed by atoms with Gasteiger partial charge in [-0.1, -0.05) is 143 Å². The minimum absolute atomic E-state index is 0.0513. The normalized spacial score (nSPS) is 14.2. The second-order valence-electron chi connectivity index (χ2n) is 17.9. The number of aromatic amines is 1. The van der Waals surface area contributed by atoms with Gasteiger partial charge in [-0.15, -0.1) is 0 Å². The molecule has 0 unspecified atom stereocenters. The van der Waals surface area contributed by atoms with E-state index >= 15 is 0 Å². The van der Waals surface area contributed by atoms with Crippen LogP contribution in [-0.4, -0.2) is 98.8 Å². The minimum Gasteiger partial charge on any atom is -0.481 e. The lowest BCUT2D eigenvalue weighted by Gasteiger charge is -2.31. The lowest BCUT2D eigenvalue weighted by atomic mass is 9.84. The Bertz CT molecular complexity index is 2550. The van der Waals surface area contributed by atoms with Crippen molar-refractivity contribution in [2.24, 2.45) is 11.8 Å². The van der Waals surface area contributed by atoms with Crippen molar-refractivity contribution in [2.75, 3.05) is 0 Å². The van der Waals surface area contributed by atoms with Crippen molar-refractivity contribution in [2.45, 2.75) is 109 Å². The predicted octanol–water partition coefficient (Wildman–Crippen LogP) is 4.37. The van der Waals surface area contributed by atoms with Gasteiger partial charge >= 0.3 is 11.9 Å². The summed E-state index contributed by atoms with van der Waals surface area (Å²) in [6.07, 6.45) is 1.02. The molecule has 0 aliphatic carbocycles. The van der Waals surface area contributed by atoms with Crippen molar-refractivity contribution in [1.29, 1.82) is 0 Å². The Kier molecular flexibility index (Phi) is 19.4. The molecule has 17 heteroatoms. The number of rotatable bonds is 25. The van der Waals surface area contributed by atoms with Crippen LogP contribution in [0.15, 0.2) is 121 Å². The van der Waals surface area contributed by atoms with Gasteiger partial charge in [0.15, 0.2) is 0 Å². The SMILES string of the molecule is CC[C@H](C)[C@H](NC(=O)[C@H](Cc1ccccc1)NC(=O)[C@H](CC(=O)O)NC(=O)[C@H](CC(C)C)NC(=O)[C@H](NC(C)=O)C(c1ccccc1)c1ccccc1)C(=O)N[C@@H](Cc1c[nH]c2ccccc12)C(=O)O. The number of aliphatic carboxylic acids is 2. The fourth-order valence-corrected chi connectivity index (χ4v) is 8.31. The number of amides is 6. The van der Waals surface area contributed by atoms with Gasteiger partial charge in [0.1, 0.15) is 36.3 Å². The van der Waals surface area contributed by atoms with E-state index in [4.69, 9.17) is 0 Å². The van der Waals surface area contributed by atoms with Crippen LogP contribution in [0.5, 0.6) is 0 Å². The number of nitrogens with one attached hydrogen (secondary N) is 7. The Morgan fingerprint density at radius 3 is 1.60 bits per heavy atom. The first-order chi connectivity index (χ1) is 33.4. The number of H-pyrrole nitrogens is 1. The summed E-state index contributed by atoms with van der Waals surface area (Å²) < 4.78 is 0. The molecule has 370 valence electrons. The number of fused-ring (bicyclic) bond motifs is 1.